The van der Waals surface area contributed by atoms with Crippen molar-refractivity contribution >= 4 is 17.5 Å². The van der Waals surface area contributed by atoms with Gasteiger partial charge in [-0.05, 0) is 42.5 Å². The summed E-state index contributed by atoms with van der Waals surface area (Å²) in [5.74, 6) is 0.697. The number of carbonyl (C=O) groups is 2. The fourth-order valence-electron chi connectivity index (χ4n) is 5.34. The fourth-order valence-corrected chi connectivity index (χ4v) is 5.34. The minimum absolute atomic E-state index is 0.0411. The normalized spacial score (nSPS) is 21.5. The number of anilines is 1. The van der Waals surface area contributed by atoms with Crippen molar-refractivity contribution in [1.29, 1.82) is 0 Å². The van der Waals surface area contributed by atoms with Gasteiger partial charge in [-0.2, -0.15) is 0 Å². The van der Waals surface area contributed by atoms with Gasteiger partial charge in [0.05, 0.1) is 5.92 Å². The molecule has 2 aromatic rings. The molecule has 0 aromatic heterocycles. The van der Waals surface area contributed by atoms with Gasteiger partial charge in [0.15, 0.2) is 0 Å². The third-order valence-corrected chi connectivity index (χ3v) is 7.04. The van der Waals surface area contributed by atoms with E-state index in [9.17, 15) is 9.59 Å². The molecule has 3 aliphatic rings. The van der Waals surface area contributed by atoms with Crippen molar-refractivity contribution in [3.63, 3.8) is 0 Å². The van der Waals surface area contributed by atoms with E-state index < -0.39 is 0 Å². The van der Waals surface area contributed by atoms with E-state index in [4.69, 9.17) is 4.74 Å². The standard InChI is InChI=1S/C25H28N2O3/c1-17(28)27-14-12-25(13-15-27)16-21(20-8-2-3-11-23(20)30-25)24(29)26-22-10-5-7-18-6-4-9-19(18)22/h2-3,5,7-8,10-11,21H,4,6,9,12-16H2,1H3,(H,26,29). The molecule has 5 heteroatoms. The van der Waals surface area contributed by atoms with E-state index in [1.807, 2.05) is 41.3 Å². The first-order chi connectivity index (χ1) is 14.5. The van der Waals surface area contributed by atoms with E-state index in [-0.39, 0.29) is 23.3 Å². The van der Waals surface area contributed by atoms with Crippen molar-refractivity contribution < 1.29 is 14.3 Å². The molecule has 1 saturated heterocycles. The largest absolute Gasteiger partial charge is 0.487 e. The van der Waals surface area contributed by atoms with Crippen LogP contribution in [0, 0.1) is 0 Å². The zero-order chi connectivity index (χ0) is 20.7. The summed E-state index contributed by atoms with van der Waals surface area (Å²) in [5, 5.41) is 3.24. The molecule has 1 atom stereocenters. The smallest absolute Gasteiger partial charge is 0.232 e. The highest BCUT2D eigenvalue weighted by molar-refractivity contribution is 5.97. The highest BCUT2D eigenvalue weighted by Gasteiger charge is 2.45. The van der Waals surface area contributed by atoms with Gasteiger partial charge in [-0.3, -0.25) is 9.59 Å². The van der Waals surface area contributed by atoms with Crippen LogP contribution in [0.3, 0.4) is 0 Å². The monoisotopic (exact) mass is 404 g/mol. The second-order valence-electron chi connectivity index (χ2n) is 8.87. The number of para-hydroxylation sites is 1. The number of benzene rings is 2. The number of hydrogen-bond acceptors (Lipinski definition) is 3. The minimum atomic E-state index is -0.388. The van der Waals surface area contributed by atoms with E-state index in [0.29, 0.717) is 19.5 Å². The van der Waals surface area contributed by atoms with Gasteiger partial charge in [-0.25, -0.2) is 0 Å². The number of carbonyl (C=O) groups excluding carboxylic acids is 2. The number of aryl methyl sites for hydroxylation is 1. The molecule has 1 fully saturated rings. The second kappa shape index (κ2) is 7.46. The number of amides is 2. The molecule has 0 saturated carbocycles. The number of piperidine rings is 1. The van der Waals surface area contributed by atoms with Crippen LogP contribution < -0.4 is 10.1 Å². The van der Waals surface area contributed by atoms with Crippen LogP contribution in [0.15, 0.2) is 42.5 Å². The van der Waals surface area contributed by atoms with Crippen molar-refractivity contribution in [1.82, 2.24) is 4.90 Å². The van der Waals surface area contributed by atoms with Crippen LogP contribution in [0.5, 0.6) is 5.75 Å². The van der Waals surface area contributed by atoms with Crippen molar-refractivity contribution in [3.05, 3.63) is 59.2 Å². The third-order valence-electron chi connectivity index (χ3n) is 7.04. The zero-order valence-electron chi connectivity index (χ0n) is 17.4. The molecule has 0 radical (unpaired) electrons. The Morgan fingerprint density at radius 2 is 1.87 bits per heavy atom. The molecule has 0 bridgehead atoms. The van der Waals surface area contributed by atoms with Crippen LogP contribution in [0.4, 0.5) is 5.69 Å². The Bertz CT molecular complexity index is 992. The van der Waals surface area contributed by atoms with E-state index in [2.05, 4.69) is 11.4 Å². The Kier molecular flexibility index (Phi) is 4.76. The van der Waals surface area contributed by atoms with Crippen molar-refractivity contribution in [2.45, 2.75) is 57.0 Å². The van der Waals surface area contributed by atoms with Gasteiger partial charge in [-0.1, -0.05) is 30.3 Å². The van der Waals surface area contributed by atoms with Crippen LogP contribution in [0.2, 0.25) is 0 Å². The molecule has 2 aliphatic heterocycles. The van der Waals surface area contributed by atoms with E-state index >= 15 is 0 Å². The van der Waals surface area contributed by atoms with Crippen LogP contribution in [-0.4, -0.2) is 35.4 Å². The zero-order valence-corrected chi connectivity index (χ0v) is 17.4. The summed E-state index contributed by atoms with van der Waals surface area (Å²) in [4.78, 5) is 27.1. The number of likely N-dealkylation sites (tertiary alicyclic amines) is 1. The summed E-state index contributed by atoms with van der Waals surface area (Å²) >= 11 is 0. The molecule has 2 amide bonds. The molecule has 5 rings (SSSR count). The molecule has 1 aliphatic carbocycles. The third kappa shape index (κ3) is 3.36. The molecule has 5 nitrogen and oxygen atoms in total. The lowest BCUT2D eigenvalue weighted by molar-refractivity contribution is -0.134. The van der Waals surface area contributed by atoms with Crippen molar-refractivity contribution in [3.8, 4) is 5.75 Å². The lowest BCUT2D eigenvalue weighted by Gasteiger charge is -2.46. The minimum Gasteiger partial charge on any atom is -0.487 e. The van der Waals surface area contributed by atoms with Gasteiger partial charge in [0.2, 0.25) is 11.8 Å². The number of nitrogens with one attached hydrogen (secondary N) is 1. The van der Waals surface area contributed by atoms with Gasteiger partial charge in [-0.15, -0.1) is 0 Å². The Morgan fingerprint density at radius 3 is 2.67 bits per heavy atom. The highest BCUT2D eigenvalue weighted by Crippen LogP contribution is 2.46. The molecule has 1 N–H and O–H groups in total. The molecule has 2 aromatic carbocycles. The summed E-state index contributed by atoms with van der Waals surface area (Å²) in [7, 11) is 0. The number of ether oxygens (including phenoxy) is 1. The SMILES string of the molecule is CC(=O)N1CCC2(CC1)CC(C(=O)Nc1cccc3c1CCC3)c1ccccc1O2. The number of fused-ring (bicyclic) bond motifs is 2. The van der Waals surface area contributed by atoms with Gasteiger partial charge in [0.25, 0.3) is 0 Å². The van der Waals surface area contributed by atoms with E-state index in [1.165, 1.54) is 11.1 Å². The van der Waals surface area contributed by atoms with Crippen LogP contribution >= 0.6 is 0 Å². The Morgan fingerprint density at radius 1 is 1.07 bits per heavy atom. The maximum Gasteiger partial charge on any atom is 0.232 e. The Hall–Kier alpha value is -2.82. The summed E-state index contributed by atoms with van der Waals surface area (Å²) < 4.78 is 6.48. The molecule has 156 valence electrons. The van der Waals surface area contributed by atoms with Crippen molar-refractivity contribution in [2.75, 3.05) is 18.4 Å². The maximum atomic E-state index is 13.5. The van der Waals surface area contributed by atoms with E-state index in [0.717, 1.165) is 49.1 Å². The highest BCUT2D eigenvalue weighted by atomic mass is 16.5. The number of rotatable bonds is 2. The first-order valence-electron chi connectivity index (χ1n) is 11.0. The molecule has 1 unspecified atom stereocenters. The van der Waals surface area contributed by atoms with Gasteiger partial charge in [0, 0.05) is 50.5 Å². The lowest BCUT2D eigenvalue weighted by Crippen LogP contribution is -2.52. The lowest BCUT2D eigenvalue weighted by atomic mass is 9.77. The summed E-state index contributed by atoms with van der Waals surface area (Å²) in [5.41, 5.74) is 4.17. The van der Waals surface area contributed by atoms with Crippen molar-refractivity contribution in [2.24, 2.45) is 0 Å². The van der Waals surface area contributed by atoms with Gasteiger partial charge < -0.3 is 15.0 Å². The predicted octanol–water partition coefficient (Wildman–Crippen LogP) is 4.06. The maximum absolute atomic E-state index is 13.5. The van der Waals surface area contributed by atoms with Crippen LogP contribution in [0.1, 0.15) is 55.2 Å². The summed E-state index contributed by atoms with van der Waals surface area (Å²) in [6, 6.07) is 14.1. The van der Waals surface area contributed by atoms with Crippen LogP contribution in [0.25, 0.3) is 0 Å². The average Bonchev–Trinajstić information content (AvgIpc) is 3.23. The average molecular weight is 405 g/mol. The van der Waals surface area contributed by atoms with Gasteiger partial charge >= 0.3 is 0 Å². The molecular formula is C25H28N2O3. The quantitative estimate of drug-likeness (QED) is 0.821. The Balaban J connectivity index is 1.42. The van der Waals surface area contributed by atoms with E-state index in [1.54, 1.807) is 6.92 Å². The topological polar surface area (TPSA) is 58.6 Å². The molecular weight excluding hydrogens is 376 g/mol. The fraction of sp³-hybridized carbons (Fsp3) is 0.440. The summed E-state index contributed by atoms with van der Waals surface area (Å²) in [6.45, 7) is 2.97. The number of hydrogen-bond donors (Lipinski definition) is 1. The first kappa shape index (κ1) is 19.2. The first-order valence-corrected chi connectivity index (χ1v) is 11.0. The second-order valence-corrected chi connectivity index (χ2v) is 8.87. The molecule has 30 heavy (non-hydrogen) atoms. The predicted molar refractivity (Wildman–Crippen MR) is 116 cm³/mol. The Labute approximate surface area is 177 Å². The van der Waals surface area contributed by atoms with Crippen LogP contribution in [-0.2, 0) is 22.4 Å². The van der Waals surface area contributed by atoms with Gasteiger partial charge in [0.1, 0.15) is 11.4 Å². The molecule has 2 heterocycles. The number of nitrogens with zero attached hydrogens (tertiary/aromatic N) is 1. The molecule has 1 spiro atoms. The summed E-state index contributed by atoms with van der Waals surface area (Å²) in [6.07, 6.45) is 5.43.